The predicted octanol–water partition coefficient (Wildman–Crippen LogP) is 3.89. The number of benzene rings is 1. The second-order valence-electron chi connectivity index (χ2n) is 5.46. The van der Waals surface area contributed by atoms with Gasteiger partial charge in [0.2, 0.25) is 0 Å². The third kappa shape index (κ3) is 4.95. The van der Waals surface area contributed by atoms with Crippen molar-refractivity contribution in [2.75, 3.05) is 0 Å². The maximum Gasteiger partial charge on any atom is 0.303 e. The smallest absolute Gasteiger partial charge is 0.303 e. The minimum absolute atomic E-state index is 0.106. The highest BCUT2D eigenvalue weighted by molar-refractivity contribution is 5.67. The average Bonchev–Trinajstić information content (AvgIpc) is 2.54. The van der Waals surface area contributed by atoms with Gasteiger partial charge in [0.05, 0.1) is 0 Å². The van der Waals surface area contributed by atoms with Crippen molar-refractivity contribution < 1.29 is 9.90 Å². The lowest BCUT2D eigenvalue weighted by Gasteiger charge is -2.04. The maximum absolute atomic E-state index is 10.5. The van der Waals surface area contributed by atoms with Gasteiger partial charge in [-0.1, -0.05) is 44.0 Å². The van der Waals surface area contributed by atoms with E-state index in [-0.39, 0.29) is 6.42 Å². The minimum atomic E-state index is -0.803. The molecular weight excluding hydrogens is 276 g/mol. The molecule has 0 aliphatic heterocycles. The minimum Gasteiger partial charge on any atom is -0.481 e. The van der Waals surface area contributed by atoms with Crippen LogP contribution >= 0.6 is 0 Å². The van der Waals surface area contributed by atoms with Crippen molar-refractivity contribution in [2.45, 2.75) is 45.4 Å². The van der Waals surface area contributed by atoms with Crippen LogP contribution in [0, 0.1) is 0 Å². The fourth-order valence-corrected chi connectivity index (χ4v) is 2.28. The summed E-state index contributed by atoms with van der Waals surface area (Å²) in [6.45, 7) is 2.21. The molecule has 0 amide bonds. The molecule has 2 rings (SSSR count). The molecule has 1 heterocycles. The molecule has 4 heteroatoms. The topological polar surface area (TPSA) is 63.1 Å². The van der Waals surface area contributed by atoms with Gasteiger partial charge in [-0.05, 0) is 30.4 Å². The highest BCUT2D eigenvalue weighted by Crippen LogP contribution is 2.17. The van der Waals surface area contributed by atoms with Crippen LogP contribution < -0.4 is 0 Å². The first kappa shape index (κ1) is 16.1. The molecule has 22 heavy (non-hydrogen) atoms. The number of carboxylic acids is 1. The molecular formula is C18H22N2O2. The zero-order chi connectivity index (χ0) is 15.8. The Morgan fingerprint density at radius 1 is 1.00 bits per heavy atom. The molecule has 0 radical (unpaired) electrons. The molecule has 1 aromatic heterocycles. The third-order valence-corrected chi connectivity index (χ3v) is 3.61. The summed E-state index contributed by atoms with van der Waals surface area (Å²) in [5.74, 6) is -0.123. The number of nitrogens with zero attached hydrogens (tertiary/aromatic N) is 2. The third-order valence-electron chi connectivity index (χ3n) is 3.61. The van der Waals surface area contributed by atoms with Gasteiger partial charge >= 0.3 is 5.97 Å². The van der Waals surface area contributed by atoms with Crippen molar-refractivity contribution in [3.8, 4) is 11.4 Å². The first-order valence-electron chi connectivity index (χ1n) is 7.81. The van der Waals surface area contributed by atoms with Crippen molar-refractivity contribution in [3.05, 3.63) is 47.8 Å². The molecule has 0 aliphatic carbocycles. The van der Waals surface area contributed by atoms with Crippen LogP contribution in [0.15, 0.2) is 36.7 Å². The largest absolute Gasteiger partial charge is 0.481 e. The first-order valence-corrected chi connectivity index (χ1v) is 7.81. The highest BCUT2D eigenvalue weighted by atomic mass is 16.4. The van der Waals surface area contributed by atoms with Crippen LogP contribution in [0.2, 0.25) is 0 Å². The SMILES string of the molecule is CCCCCc1ccc(-c2ncc(CCC(=O)O)cn2)cc1. The molecule has 1 N–H and O–H groups in total. The number of hydrogen-bond donors (Lipinski definition) is 1. The molecule has 4 nitrogen and oxygen atoms in total. The molecule has 0 unspecified atom stereocenters. The number of hydrogen-bond acceptors (Lipinski definition) is 3. The van der Waals surface area contributed by atoms with Crippen LogP contribution in [-0.4, -0.2) is 21.0 Å². The maximum atomic E-state index is 10.5. The van der Waals surface area contributed by atoms with E-state index in [1.165, 1.54) is 24.8 Å². The number of aromatic nitrogens is 2. The number of rotatable bonds is 8. The number of carbonyl (C=O) groups is 1. The van der Waals surface area contributed by atoms with Crippen molar-refractivity contribution in [1.82, 2.24) is 9.97 Å². The van der Waals surface area contributed by atoms with Gasteiger partial charge in [-0.3, -0.25) is 4.79 Å². The van der Waals surface area contributed by atoms with Crippen LogP contribution in [-0.2, 0) is 17.6 Å². The van der Waals surface area contributed by atoms with Gasteiger partial charge in [0.1, 0.15) is 0 Å². The summed E-state index contributed by atoms with van der Waals surface area (Å²) < 4.78 is 0. The first-order chi connectivity index (χ1) is 10.7. The summed E-state index contributed by atoms with van der Waals surface area (Å²) in [5.41, 5.74) is 3.18. The molecule has 116 valence electrons. The van der Waals surface area contributed by atoms with E-state index in [9.17, 15) is 4.79 Å². The number of carboxylic acid groups (broad SMARTS) is 1. The van der Waals surface area contributed by atoms with E-state index in [0.29, 0.717) is 12.2 Å². The van der Waals surface area contributed by atoms with Crippen LogP contribution in [0.4, 0.5) is 0 Å². The van der Waals surface area contributed by atoms with Gasteiger partial charge < -0.3 is 5.11 Å². The lowest BCUT2D eigenvalue weighted by atomic mass is 10.1. The Balaban J connectivity index is 1.97. The highest BCUT2D eigenvalue weighted by Gasteiger charge is 2.04. The van der Waals surface area contributed by atoms with Crippen LogP contribution in [0.3, 0.4) is 0 Å². The Morgan fingerprint density at radius 3 is 2.27 bits per heavy atom. The van der Waals surface area contributed by atoms with Crippen LogP contribution in [0.25, 0.3) is 11.4 Å². The van der Waals surface area contributed by atoms with E-state index >= 15 is 0 Å². The van der Waals surface area contributed by atoms with Gasteiger partial charge in [-0.15, -0.1) is 0 Å². The van der Waals surface area contributed by atoms with Gasteiger partial charge in [0, 0.05) is 24.4 Å². The predicted molar refractivity (Wildman–Crippen MR) is 86.7 cm³/mol. The standard InChI is InChI=1S/C18H22N2O2/c1-2-3-4-5-14-6-9-16(10-7-14)18-19-12-15(13-20-18)8-11-17(21)22/h6-7,9-10,12-13H,2-5,8,11H2,1H3,(H,21,22). The van der Waals surface area contributed by atoms with E-state index in [2.05, 4.69) is 29.0 Å². The van der Waals surface area contributed by atoms with Crippen molar-refractivity contribution in [3.63, 3.8) is 0 Å². The Kier molecular flexibility index (Phi) is 6.07. The lowest BCUT2D eigenvalue weighted by molar-refractivity contribution is -0.136. The zero-order valence-corrected chi connectivity index (χ0v) is 13.0. The molecule has 0 saturated heterocycles. The van der Waals surface area contributed by atoms with E-state index in [4.69, 9.17) is 5.11 Å². The van der Waals surface area contributed by atoms with E-state index < -0.39 is 5.97 Å². The number of aryl methyl sites for hydroxylation is 2. The van der Waals surface area contributed by atoms with Crippen LogP contribution in [0.1, 0.15) is 43.7 Å². The van der Waals surface area contributed by atoms with E-state index in [1.807, 2.05) is 12.1 Å². The number of unbranched alkanes of at least 4 members (excludes halogenated alkanes) is 2. The summed E-state index contributed by atoms with van der Waals surface area (Å²) in [6.07, 6.45) is 8.83. The fraction of sp³-hybridized carbons (Fsp3) is 0.389. The normalized spacial score (nSPS) is 10.6. The average molecular weight is 298 g/mol. The molecule has 0 spiro atoms. The molecule has 0 bridgehead atoms. The molecule has 2 aromatic rings. The van der Waals surface area contributed by atoms with Crippen molar-refractivity contribution in [2.24, 2.45) is 0 Å². The molecule has 0 saturated carbocycles. The summed E-state index contributed by atoms with van der Waals surface area (Å²) in [7, 11) is 0. The molecule has 1 aromatic carbocycles. The quantitative estimate of drug-likeness (QED) is 0.751. The summed E-state index contributed by atoms with van der Waals surface area (Å²) >= 11 is 0. The summed E-state index contributed by atoms with van der Waals surface area (Å²) in [4.78, 5) is 19.2. The second-order valence-corrected chi connectivity index (χ2v) is 5.46. The van der Waals surface area contributed by atoms with Gasteiger partial charge in [0.25, 0.3) is 0 Å². The molecule has 0 atom stereocenters. The molecule has 0 aliphatic rings. The van der Waals surface area contributed by atoms with Gasteiger partial charge in [-0.2, -0.15) is 0 Å². The Hall–Kier alpha value is -2.23. The van der Waals surface area contributed by atoms with Gasteiger partial charge in [-0.25, -0.2) is 9.97 Å². The summed E-state index contributed by atoms with van der Waals surface area (Å²) in [6, 6.07) is 8.36. The zero-order valence-electron chi connectivity index (χ0n) is 13.0. The lowest BCUT2D eigenvalue weighted by Crippen LogP contribution is -1.99. The van der Waals surface area contributed by atoms with Crippen LogP contribution in [0.5, 0.6) is 0 Å². The fourth-order valence-electron chi connectivity index (χ4n) is 2.28. The molecule has 0 fully saturated rings. The second kappa shape index (κ2) is 8.27. The van der Waals surface area contributed by atoms with Crippen molar-refractivity contribution in [1.29, 1.82) is 0 Å². The monoisotopic (exact) mass is 298 g/mol. The van der Waals surface area contributed by atoms with Crippen molar-refractivity contribution >= 4 is 5.97 Å². The Bertz CT molecular complexity index is 591. The Morgan fingerprint density at radius 2 is 1.68 bits per heavy atom. The number of aliphatic carboxylic acids is 1. The van der Waals surface area contributed by atoms with Gasteiger partial charge in [0.15, 0.2) is 5.82 Å². The van der Waals surface area contributed by atoms with E-state index in [1.54, 1.807) is 12.4 Å². The summed E-state index contributed by atoms with van der Waals surface area (Å²) in [5, 5.41) is 8.67. The Labute approximate surface area is 131 Å². The van der Waals surface area contributed by atoms with E-state index in [0.717, 1.165) is 17.5 Å².